The summed E-state index contributed by atoms with van der Waals surface area (Å²) >= 11 is 0. The number of methoxy groups -OCH3 is 2. The summed E-state index contributed by atoms with van der Waals surface area (Å²) in [5.74, 6) is 2.46. The largest absolute Gasteiger partial charge is 0.493 e. The molecule has 0 spiro atoms. The molecule has 2 aromatic carbocycles. The minimum absolute atomic E-state index is 0.548. The maximum absolute atomic E-state index is 5.52. The van der Waals surface area contributed by atoms with Gasteiger partial charge >= 0.3 is 0 Å². The molecule has 27 heavy (non-hydrogen) atoms. The van der Waals surface area contributed by atoms with E-state index < -0.39 is 0 Å². The Hall–Kier alpha value is -3.02. The van der Waals surface area contributed by atoms with Crippen molar-refractivity contribution >= 4 is 5.69 Å². The van der Waals surface area contributed by atoms with Gasteiger partial charge < -0.3 is 18.9 Å². The van der Waals surface area contributed by atoms with Crippen LogP contribution in [0.15, 0.2) is 40.9 Å². The van der Waals surface area contributed by atoms with Crippen LogP contribution >= 0.6 is 0 Å². The molecule has 4 rings (SSSR count). The van der Waals surface area contributed by atoms with Crippen molar-refractivity contribution in [2.45, 2.75) is 26.3 Å². The van der Waals surface area contributed by atoms with Crippen LogP contribution in [0.25, 0.3) is 11.4 Å². The van der Waals surface area contributed by atoms with Crippen molar-refractivity contribution in [1.29, 1.82) is 0 Å². The van der Waals surface area contributed by atoms with Crippen LogP contribution in [0.4, 0.5) is 5.69 Å². The summed E-state index contributed by atoms with van der Waals surface area (Å²) in [5.41, 5.74) is 4.78. The van der Waals surface area contributed by atoms with E-state index in [-0.39, 0.29) is 0 Å². The number of anilines is 1. The lowest BCUT2D eigenvalue weighted by Crippen LogP contribution is -2.28. The van der Waals surface area contributed by atoms with Gasteiger partial charge in [-0.25, -0.2) is 0 Å². The second-order valence-corrected chi connectivity index (χ2v) is 6.74. The molecule has 140 valence electrons. The number of hydrogen-bond donors (Lipinski definition) is 0. The molecule has 0 bridgehead atoms. The average molecular weight is 365 g/mol. The number of hydrogen-bond acceptors (Lipinski definition) is 6. The van der Waals surface area contributed by atoms with Crippen LogP contribution in [0.2, 0.25) is 0 Å². The SMILES string of the molecule is COc1ccc(-c2noc(CN3CCCc4cc(C)ccc43)n2)cc1OC. The smallest absolute Gasteiger partial charge is 0.246 e. The third-order valence-electron chi connectivity index (χ3n) is 4.89. The molecule has 0 unspecified atom stereocenters. The molecule has 6 heteroatoms. The summed E-state index contributed by atoms with van der Waals surface area (Å²) < 4.78 is 16.2. The van der Waals surface area contributed by atoms with E-state index in [2.05, 4.69) is 40.2 Å². The summed E-state index contributed by atoms with van der Waals surface area (Å²) in [6.45, 7) is 3.73. The van der Waals surface area contributed by atoms with Gasteiger partial charge in [-0.05, 0) is 49.6 Å². The minimum Gasteiger partial charge on any atom is -0.493 e. The van der Waals surface area contributed by atoms with Crippen molar-refractivity contribution in [2.75, 3.05) is 25.7 Å². The molecule has 0 aliphatic carbocycles. The third-order valence-corrected chi connectivity index (χ3v) is 4.89. The van der Waals surface area contributed by atoms with E-state index in [1.807, 2.05) is 18.2 Å². The number of rotatable bonds is 5. The van der Waals surface area contributed by atoms with Gasteiger partial charge in [0.25, 0.3) is 0 Å². The Bertz CT molecular complexity index is 952. The van der Waals surface area contributed by atoms with E-state index in [0.717, 1.165) is 24.9 Å². The zero-order valence-corrected chi connectivity index (χ0v) is 15.9. The molecule has 6 nitrogen and oxygen atoms in total. The third kappa shape index (κ3) is 3.47. The van der Waals surface area contributed by atoms with E-state index in [1.165, 1.54) is 16.8 Å². The zero-order valence-electron chi connectivity index (χ0n) is 15.9. The van der Waals surface area contributed by atoms with Crippen LogP contribution < -0.4 is 14.4 Å². The van der Waals surface area contributed by atoms with Crippen LogP contribution in [0.3, 0.4) is 0 Å². The van der Waals surface area contributed by atoms with Crippen molar-refractivity contribution < 1.29 is 14.0 Å². The first kappa shape index (κ1) is 17.4. The molecule has 0 radical (unpaired) electrons. The van der Waals surface area contributed by atoms with Crippen molar-refractivity contribution in [1.82, 2.24) is 10.1 Å². The molecular weight excluding hydrogens is 342 g/mol. The average Bonchev–Trinajstić information content (AvgIpc) is 3.16. The highest BCUT2D eigenvalue weighted by molar-refractivity contribution is 5.61. The Balaban J connectivity index is 1.56. The lowest BCUT2D eigenvalue weighted by Gasteiger charge is -2.30. The van der Waals surface area contributed by atoms with Crippen molar-refractivity contribution in [3.63, 3.8) is 0 Å². The van der Waals surface area contributed by atoms with E-state index in [4.69, 9.17) is 14.0 Å². The van der Waals surface area contributed by atoms with Gasteiger partial charge in [0.05, 0.1) is 20.8 Å². The Morgan fingerprint density at radius 3 is 2.74 bits per heavy atom. The van der Waals surface area contributed by atoms with Gasteiger partial charge in [0.1, 0.15) is 0 Å². The summed E-state index contributed by atoms with van der Waals surface area (Å²) in [4.78, 5) is 6.89. The van der Waals surface area contributed by atoms with E-state index in [9.17, 15) is 0 Å². The fourth-order valence-corrected chi connectivity index (χ4v) is 3.54. The first-order chi connectivity index (χ1) is 13.2. The van der Waals surface area contributed by atoms with Gasteiger partial charge in [-0.1, -0.05) is 22.9 Å². The van der Waals surface area contributed by atoms with Crippen LogP contribution in [-0.4, -0.2) is 30.9 Å². The second kappa shape index (κ2) is 7.31. The summed E-state index contributed by atoms with van der Waals surface area (Å²) in [6.07, 6.45) is 2.25. The quantitative estimate of drug-likeness (QED) is 0.681. The van der Waals surface area contributed by atoms with Gasteiger partial charge in [-0.2, -0.15) is 4.98 Å². The predicted molar refractivity (Wildman–Crippen MR) is 103 cm³/mol. The second-order valence-electron chi connectivity index (χ2n) is 6.74. The highest BCUT2D eigenvalue weighted by Crippen LogP contribution is 2.32. The molecule has 1 aromatic heterocycles. The summed E-state index contributed by atoms with van der Waals surface area (Å²) in [6, 6.07) is 12.2. The Morgan fingerprint density at radius 2 is 1.93 bits per heavy atom. The zero-order chi connectivity index (χ0) is 18.8. The molecule has 0 N–H and O–H groups in total. The first-order valence-corrected chi connectivity index (χ1v) is 9.07. The number of fused-ring (bicyclic) bond motifs is 1. The molecule has 0 saturated heterocycles. The first-order valence-electron chi connectivity index (χ1n) is 9.07. The normalized spacial score (nSPS) is 13.4. The van der Waals surface area contributed by atoms with E-state index in [1.54, 1.807) is 14.2 Å². The van der Waals surface area contributed by atoms with Crippen LogP contribution in [-0.2, 0) is 13.0 Å². The van der Waals surface area contributed by atoms with Gasteiger partial charge in [0, 0.05) is 17.8 Å². The highest BCUT2D eigenvalue weighted by Gasteiger charge is 2.20. The highest BCUT2D eigenvalue weighted by atomic mass is 16.5. The Kier molecular flexibility index (Phi) is 4.71. The van der Waals surface area contributed by atoms with Crippen molar-refractivity contribution in [3.05, 3.63) is 53.4 Å². The summed E-state index contributed by atoms with van der Waals surface area (Å²) in [5, 5.41) is 4.14. The topological polar surface area (TPSA) is 60.6 Å². The molecule has 2 heterocycles. The summed E-state index contributed by atoms with van der Waals surface area (Å²) in [7, 11) is 3.22. The minimum atomic E-state index is 0.548. The fraction of sp³-hybridized carbons (Fsp3) is 0.333. The Morgan fingerprint density at radius 1 is 1.07 bits per heavy atom. The molecule has 0 fully saturated rings. The van der Waals surface area contributed by atoms with Gasteiger partial charge in [-0.15, -0.1) is 0 Å². The van der Waals surface area contributed by atoms with Gasteiger partial charge in [-0.3, -0.25) is 0 Å². The van der Waals surface area contributed by atoms with Crippen molar-refractivity contribution in [3.8, 4) is 22.9 Å². The number of aryl methyl sites for hydroxylation is 2. The molecular formula is C21H23N3O3. The van der Waals surface area contributed by atoms with Crippen LogP contribution in [0, 0.1) is 6.92 Å². The maximum Gasteiger partial charge on any atom is 0.246 e. The lowest BCUT2D eigenvalue weighted by molar-refractivity contribution is 0.355. The number of aromatic nitrogens is 2. The molecule has 0 saturated carbocycles. The fourth-order valence-electron chi connectivity index (χ4n) is 3.54. The predicted octanol–water partition coefficient (Wildman–Crippen LogP) is 4.02. The standard InChI is InChI=1S/C21H23N3O3/c1-14-6-8-17-15(11-14)5-4-10-24(17)13-20-22-21(23-27-20)16-7-9-18(25-2)19(12-16)26-3/h6-9,11-12H,4-5,10,13H2,1-3H3. The molecule has 1 aliphatic heterocycles. The monoisotopic (exact) mass is 365 g/mol. The van der Waals surface area contributed by atoms with Crippen LogP contribution in [0.1, 0.15) is 23.4 Å². The Labute approximate surface area is 158 Å². The molecule has 3 aromatic rings. The number of ether oxygens (including phenoxy) is 2. The van der Waals surface area contributed by atoms with Gasteiger partial charge in [0.2, 0.25) is 11.7 Å². The van der Waals surface area contributed by atoms with Crippen LogP contribution in [0.5, 0.6) is 11.5 Å². The van der Waals surface area contributed by atoms with Crippen molar-refractivity contribution in [2.24, 2.45) is 0 Å². The molecule has 0 atom stereocenters. The van der Waals surface area contributed by atoms with E-state index >= 15 is 0 Å². The molecule has 1 aliphatic rings. The number of nitrogens with zero attached hydrogens (tertiary/aromatic N) is 3. The lowest BCUT2D eigenvalue weighted by atomic mass is 10.00. The van der Waals surface area contributed by atoms with Gasteiger partial charge in [0.15, 0.2) is 11.5 Å². The maximum atomic E-state index is 5.52. The number of benzene rings is 2. The van der Waals surface area contributed by atoms with E-state index in [0.29, 0.717) is 29.8 Å². The molecule has 0 amide bonds.